The van der Waals surface area contributed by atoms with Crippen molar-refractivity contribution in [3.63, 3.8) is 0 Å². The van der Waals surface area contributed by atoms with E-state index in [1.165, 1.54) is 0 Å². The number of hydrogen-bond donors (Lipinski definition) is 1. The summed E-state index contributed by atoms with van der Waals surface area (Å²) in [6.07, 6.45) is 2.36. The molecule has 0 radical (unpaired) electrons. The first-order chi connectivity index (χ1) is 12.6. The Bertz CT molecular complexity index is 655. The Morgan fingerprint density at radius 1 is 1.19 bits per heavy atom. The van der Waals surface area contributed by atoms with Crippen molar-refractivity contribution in [3.05, 3.63) is 35.9 Å². The van der Waals surface area contributed by atoms with Crippen LogP contribution in [0.1, 0.15) is 72.0 Å². The largest absolute Gasteiger partial charge is 0.455 e. The first kappa shape index (κ1) is 21.4. The Balaban J connectivity index is 2.27. The second-order valence-electron chi connectivity index (χ2n) is 8.00. The smallest absolute Gasteiger partial charge is 0.396 e. The van der Waals surface area contributed by atoms with Crippen LogP contribution in [0.3, 0.4) is 0 Å². The van der Waals surface area contributed by atoms with Gasteiger partial charge in [-0.25, -0.2) is 4.79 Å². The SMILES string of the molecule is CCC1(CC)CC(OC(=O)C(N)=O)CC(C)(C)N1OC(C)c1ccccc1. The molecule has 2 unspecified atom stereocenters. The molecule has 150 valence electrons. The predicted molar refractivity (Wildman–Crippen MR) is 103 cm³/mol. The fourth-order valence-corrected chi connectivity index (χ4v) is 4.18. The summed E-state index contributed by atoms with van der Waals surface area (Å²) in [7, 11) is 0. The fraction of sp³-hybridized carbons (Fsp3) is 0.619. The van der Waals surface area contributed by atoms with E-state index in [0.717, 1.165) is 18.4 Å². The van der Waals surface area contributed by atoms with Crippen LogP contribution in [0, 0.1) is 0 Å². The lowest BCUT2D eigenvalue weighted by Crippen LogP contribution is -2.64. The lowest BCUT2D eigenvalue weighted by Gasteiger charge is -2.56. The number of esters is 1. The van der Waals surface area contributed by atoms with Crippen LogP contribution >= 0.6 is 0 Å². The van der Waals surface area contributed by atoms with Crippen LogP contribution in [0.5, 0.6) is 0 Å². The zero-order valence-corrected chi connectivity index (χ0v) is 17.0. The zero-order valence-electron chi connectivity index (χ0n) is 17.0. The van der Waals surface area contributed by atoms with E-state index in [9.17, 15) is 9.59 Å². The third-order valence-corrected chi connectivity index (χ3v) is 5.64. The van der Waals surface area contributed by atoms with Gasteiger partial charge in [0.25, 0.3) is 0 Å². The molecule has 1 aromatic carbocycles. The minimum atomic E-state index is -1.05. The average Bonchev–Trinajstić information content (AvgIpc) is 2.63. The standard InChI is InChI=1S/C21H32N2O4/c1-6-21(7-2)14-17(26-19(25)18(22)24)13-20(4,5)23(21)27-15(3)16-11-9-8-10-12-16/h8-12,15,17H,6-7,13-14H2,1-5H3,(H2,22,24). The van der Waals surface area contributed by atoms with Gasteiger partial charge in [0.05, 0.1) is 0 Å². The highest BCUT2D eigenvalue weighted by atomic mass is 16.7. The van der Waals surface area contributed by atoms with Crippen molar-refractivity contribution in [2.45, 2.75) is 83.6 Å². The second-order valence-corrected chi connectivity index (χ2v) is 8.00. The van der Waals surface area contributed by atoms with Crippen molar-refractivity contribution in [1.82, 2.24) is 5.06 Å². The number of nitrogens with two attached hydrogens (primary N) is 1. The van der Waals surface area contributed by atoms with Crippen LogP contribution in [0.4, 0.5) is 0 Å². The first-order valence-corrected chi connectivity index (χ1v) is 9.67. The zero-order chi connectivity index (χ0) is 20.2. The Morgan fingerprint density at radius 2 is 1.78 bits per heavy atom. The number of piperidine rings is 1. The summed E-state index contributed by atoms with van der Waals surface area (Å²) in [4.78, 5) is 29.3. The average molecular weight is 376 g/mol. The molecule has 1 amide bonds. The van der Waals surface area contributed by atoms with Gasteiger partial charge in [0.2, 0.25) is 0 Å². The molecule has 1 aromatic rings. The number of ether oxygens (including phenoxy) is 1. The van der Waals surface area contributed by atoms with Gasteiger partial charge in [0, 0.05) is 23.9 Å². The third kappa shape index (κ3) is 4.68. The fourth-order valence-electron chi connectivity index (χ4n) is 4.18. The van der Waals surface area contributed by atoms with E-state index >= 15 is 0 Å². The van der Waals surface area contributed by atoms with Crippen LogP contribution < -0.4 is 5.73 Å². The second kappa shape index (κ2) is 8.40. The summed E-state index contributed by atoms with van der Waals surface area (Å²) in [5.41, 5.74) is 5.49. The van der Waals surface area contributed by atoms with Gasteiger partial charge < -0.3 is 10.5 Å². The Kier molecular flexibility index (Phi) is 6.65. The molecule has 2 atom stereocenters. The summed E-state index contributed by atoms with van der Waals surface area (Å²) in [6.45, 7) is 10.4. The summed E-state index contributed by atoms with van der Waals surface area (Å²) in [6, 6.07) is 10.1. The lowest BCUT2D eigenvalue weighted by atomic mass is 9.75. The summed E-state index contributed by atoms with van der Waals surface area (Å²) < 4.78 is 5.39. The molecule has 0 aromatic heterocycles. The van der Waals surface area contributed by atoms with Crippen molar-refractivity contribution < 1.29 is 19.2 Å². The number of nitrogens with zero attached hydrogens (tertiary/aromatic N) is 1. The maximum Gasteiger partial charge on any atom is 0.396 e. The van der Waals surface area contributed by atoms with Gasteiger partial charge in [-0.15, -0.1) is 0 Å². The highest BCUT2D eigenvalue weighted by molar-refractivity contribution is 6.31. The van der Waals surface area contributed by atoms with Crippen molar-refractivity contribution in [3.8, 4) is 0 Å². The lowest BCUT2D eigenvalue weighted by molar-refractivity contribution is -0.323. The Labute approximate surface area is 162 Å². The van der Waals surface area contributed by atoms with E-state index in [-0.39, 0.29) is 23.3 Å². The summed E-state index contributed by atoms with van der Waals surface area (Å²) in [5, 5.41) is 2.10. The third-order valence-electron chi connectivity index (χ3n) is 5.64. The van der Waals surface area contributed by atoms with Crippen molar-refractivity contribution in [2.75, 3.05) is 0 Å². The first-order valence-electron chi connectivity index (χ1n) is 9.67. The number of amides is 1. The normalized spacial score (nSPS) is 22.8. The van der Waals surface area contributed by atoms with E-state index in [2.05, 4.69) is 44.9 Å². The molecule has 1 aliphatic rings. The van der Waals surface area contributed by atoms with Gasteiger partial charge in [-0.1, -0.05) is 44.2 Å². The Hall–Kier alpha value is -1.92. The van der Waals surface area contributed by atoms with Crippen LogP contribution in [0.2, 0.25) is 0 Å². The maximum atomic E-state index is 11.7. The van der Waals surface area contributed by atoms with Gasteiger partial charge in [-0.3, -0.25) is 9.63 Å². The molecule has 0 aliphatic carbocycles. The number of carbonyl (C=O) groups excluding carboxylic acids is 2. The van der Waals surface area contributed by atoms with Crippen molar-refractivity contribution >= 4 is 11.9 Å². The number of hydrogen-bond acceptors (Lipinski definition) is 5. The van der Waals surface area contributed by atoms with E-state index in [4.69, 9.17) is 15.3 Å². The molecule has 0 saturated carbocycles. The molecule has 0 spiro atoms. The van der Waals surface area contributed by atoms with Gasteiger partial charge in [0.15, 0.2) is 0 Å². The number of primary amides is 1. The number of benzene rings is 1. The molecule has 1 saturated heterocycles. The molecular weight excluding hydrogens is 344 g/mol. The molecular formula is C21H32N2O4. The van der Waals surface area contributed by atoms with E-state index in [1.807, 2.05) is 25.1 Å². The van der Waals surface area contributed by atoms with Crippen LogP contribution in [0.25, 0.3) is 0 Å². The molecule has 6 nitrogen and oxygen atoms in total. The van der Waals surface area contributed by atoms with Crippen LogP contribution in [0.15, 0.2) is 30.3 Å². The maximum absolute atomic E-state index is 11.7. The molecule has 6 heteroatoms. The predicted octanol–water partition coefficient (Wildman–Crippen LogP) is 3.51. The van der Waals surface area contributed by atoms with Gasteiger partial charge in [0.1, 0.15) is 12.2 Å². The summed E-state index contributed by atoms with van der Waals surface area (Å²) >= 11 is 0. The highest BCUT2D eigenvalue weighted by Gasteiger charge is 2.51. The van der Waals surface area contributed by atoms with E-state index in [0.29, 0.717) is 12.8 Å². The van der Waals surface area contributed by atoms with Crippen LogP contribution in [-0.4, -0.2) is 34.1 Å². The molecule has 2 N–H and O–H groups in total. The van der Waals surface area contributed by atoms with Gasteiger partial charge in [-0.2, -0.15) is 5.06 Å². The van der Waals surface area contributed by atoms with Crippen LogP contribution in [-0.2, 0) is 19.2 Å². The van der Waals surface area contributed by atoms with Crippen molar-refractivity contribution in [1.29, 1.82) is 0 Å². The van der Waals surface area contributed by atoms with Gasteiger partial charge in [-0.05, 0) is 39.2 Å². The molecule has 1 aliphatic heterocycles. The molecule has 2 rings (SSSR count). The Morgan fingerprint density at radius 3 is 2.30 bits per heavy atom. The highest BCUT2D eigenvalue weighted by Crippen LogP contribution is 2.45. The van der Waals surface area contributed by atoms with E-state index < -0.39 is 11.9 Å². The minimum absolute atomic E-state index is 0.104. The summed E-state index contributed by atoms with van der Waals surface area (Å²) in [5.74, 6) is -2.02. The van der Waals surface area contributed by atoms with E-state index in [1.54, 1.807) is 0 Å². The van der Waals surface area contributed by atoms with Crippen molar-refractivity contribution in [2.24, 2.45) is 5.73 Å². The molecule has 0 bridgehead atoms. The number of carbonyl (C=O) groups is 2. The molecule has 1 fully saturated rings. The van der Waals surface area contributed by atoms with Gasteiger partial charge >= 0.3 is 11.9 Å². The quantitative estimate of drug-likeness (QED) is 0.607. The topological polar surface area (TPSA) is 81.9 Å². The molecule has 1 heterocycles. The minimum Gasteiger partial charge on any atom is -0.455 e. The molecule has 27 heavy (non-hydrogen) atoms. The number of rotatable bonds is 6. The number of hydroxylamine groups is 2. The monoisotopic (exact) mass is 376 g/mol.